The Bertz CT molecular complexity index is 416. The molecule has 1 amide bonds. The zero-order chi connectivity index (χ0) is 13.0. The number of aliphatic hydroxyl groups is 1. The minimum Gasteiger partial charge on any atom is -0.396 e. The number of aromatic nitrogens is 1. The van der Waals surface area contributed by atoms with E-state index in [4.69, 9.17) is 5.11 Å². The summed E-state index contributed by atoms with van der Waals surface area (Å²) in [5.74, 6) is 0.0544. The van der Waals surface area contributed by atoms with Gasteiger partial charge >= 0.3 is 0 Å². The average molecular weight is 248 g/mol. The molecule has 1 saturated carbocycles. The van der Waals surface area contributed by atoms with Gasteiger partial charge in [0.1, 0.15) is 0 Å². The molecule has 98 valence electrons. The first-order valence-corrected chi connectivity index (χ1v) is 6.57. The molecule has 0 unspecified atom stereocenters. The second-order valence-corrected chi connectivity index (χ2v) is 4.80. The highest BCUT2D eigenvalue weighted by molar-refractivity contribution is 5.95. The van der Waals surface area contributed by atoms with Crippen molar-refractivity contribution < 1.29 is 9.90 Å². The van der Waals surface area contributed by atoms with Crippen molar-refractivity contribution in [3.63, 3.8) is 0 Å². The van der Waals surface area contributed by atoms with Crippen molar-refractivity contribution in [2.24, 2.45) is 0 Å². The maximum absolute atomic E-state index is 12.5. The summed E-state index contributed by atoms with van der Waals surface area (Å²) in [7, 11) is 0. The Morgan fingerprint density at radius 2 is 2.33 bits per heavy atom. The van der Waals surface area contributed by atoms with Gasteiger partial charge < -0.3 is 10.0 Å². The Kier molecular flexibility index (Phi) is 4.31. The molecule has 0 spiro atoms. The molecular weight excluding hydrogens is 228 g/mol. The average Bonchev–Trinajstić information content (AvgIpc) is 2.32. The molecule has 4 nitrogen and oxygen atoms in total. The molecule has 2 rings (SSSR count). The van der Waals surface area contributed by atoms with E-state index in [1.54, 1.807) is 12.3 Å². The third kappa shape index (κ3) is 2.70. The van der Waals surface area contributed by atoms with E-state index in [2.05, 4.69) is 4.98 Å². The summed E-state index contributed by atoms with van der Waals surface area (Å²) in [6.45, 7) is 2.62. The summed E-state index contributed by atoms with van der Waals surface area (Å²) < 4.78 is 0. The third-order valence-corrected chi connectivity index (χ3v) is 3.57. The van der Waals surface area contributed by atoms with Crippen LogP contribution in [0.4, 0.5) is 0 Å². The fourth-order valence-corrected chi connectivity index (χ4v) is 2.25. The van der Waals surface area contributed by atoms with Crippen LogP contribution in [0.15, 0.2) is 18.3 Å². The highest BCUT2D eigenvalue weighted by atomic mass is 16.3. The van der Waals surface area contributed by atoms with Crippen molar-refractivity contribution in [2.45, 2.75) is 38.6 Å². The smallest absolute Gasteiger partial charge is 0.255 e. The van der Waals surface area contributed by atoms with Crippen LogP contribution in [0.3, 0.4) is 0 Å². The standard InChI is InChI=1S/C14H20N2O2/c1-11-13(7-3-8-15-11)14(18)16(9-4-10-17)12-5-2-6-12/h3,7-8,12,17H,2,4-6,9-10H2,1H3. The maximum atomic E-state index is 12.5. The van der Waals surface area contributed by atoms with Gasteiger partial charge in [-0.1, -0.05) is 0 Å². The lowest BCUT2D eigenvalue weighted by Gasteiger charge is -2.37. The topological polar surface area (TPSA) is 53.4 Å². The van der Waals surface area contributed by atoms with Crippen molar-refractivity contribution >= 4 is 5.91 Å². The molecule has 1 aromatic rings. The number of hydrogen-bond acceptors (Lipinski definition) is 3. The van der Waals surface area contributed by atoms with Gasteiger partial charge in [0.25, 0.3) is 5.91 Å². The first-order chi connectivity index (χ1) is 8.74. The minimum atomic E-state index is 0.0544. The van der Waals surface area contributed by atoms with E-state index in [-0.39, 0.29) is 12.5 Å². The van der Waals surface area contributed by atoms with Gasteiger partial charge in [0, 0.05) is 31.1 Å². The summed E-state index contributed by atoms with van der Waals surface area (Å²) in [6, 6.07) is 3.98. The fraction of sp³-hybridized carbons (Fsp3) is 0.571. The quantitative estimate of drug-likeness (QED) is 0.864. The number of carbonyl (C=O) groups is 1. The number of aliphatic hydroxyl groups excluding tert-OH is 1. The predicted molar refractivity (Wildman–Crippen MR) is 69.4 cm³/mol. The Balaban J connectivity index is 2.14. The normalized spacial score (nSPS) is 15.2. The predicted octanol–water partition coefficient (Wildman–Crippen LogP) is 1.77. The Hall–Kier alpha value is -1.42. The summed E-state index contributed by atoms with van der Waals surface area (Å²) in [6.07, 6.45) is 5.70. The molecule has 0 aliphatic heterocycles. The van der Waals surface area contributed by atoms with E-state index in [1.807, 2.05) is 17.9 Å². The molecule has 1 aromatic heterocycles. The lowest BCUT2D eigenvalue weighted by atomic mass is 9.90. The van der Waals surface area contributed by atoms with Gasteiger partial charge in [0.2, 0.25) is 0 Å². The number of carbonyl (C=O) groups excluding carboxylic acids is 1. The fourth-order valence-electron chi connectivity index (χ4n) is 2.25. The molecule has 18 heavy (non-hydrogen) atoms. The van der Waals surface area contributed by atoms with Gasteiger partial charge in [-0.05, 0) is 44.7 Å². The molecule has 0 atom stereocenters. The Labute approximate surface area is 108 Å². The molecule has 4 heteroatoms. The van der Waals surface area contributed by atoms with Crippen LogP contribution in [0.1, 0.15) is 41.7 Å². The highest BCUT2D eigenvalue weighted by Gasteiger charge is 2.29. The molecule has 1 heterocycles. The van der Waals surface area contributed by atoms with Crippen molar-refractivity contribution in [1.82, 2.24) is 9.88 Å². The lowest BCUT2D eigenvalue weighted by Crippen LogP contribution is -2.45. The maximum Gasteiger partial charge on any atom is 0.255 e. The molecule has 0 aromatic carbocycles. The zero-order valence-electron chi connectivity index (χ0n) is 10.8. The highest BCUT2D eigenvalue weighted by Crippen LogP contribution is 2.26. The Morgan fingerprint density at radius 1 is 1.56 bits per heavy atom. The second-order valence-electron chi connectivity index (χ2n) is 4.80. The lowest BCUT2D eigenvalue weighted by molar-refractivity contribution is 0.0561. The van der Waals surface area contributed by atoms with Crippen LogP contribution < -0.4 is 0 Å². The first-order valence-electron chi connectivity index (χ1n) is 6.57. The number of amides is 1. The molecule has 1 N–H and O–H groups in total. The SMILES string of the molecule is Cc1ncccc1C(=O)N(CCCO)C1CCC1. The van der Waals surface area contributed by atoms with Gasteiger partial charge in [-0.25, -0.2) is 0 Å². The van der Waals surface area contributed by atoms with Crippen molar-refractivity contribution in [1.29, 1.82) is 0 Å². The van der Waals surface area contributed by atoms with Crippen LogP contribution in [0.5, 0.6) is 0 Å². The van der Waals surface area contributed by atoms with Gasteiger partial charge in [-0.2, -0.15) is 0 Å². The molecular formula is C14H20N2O2. The summed E-state index contributed by atoms with van der Waals surface area (Å²) in [5.41, 5.74) is 1.46. The van der Waals surface area contributed by atoms with E-state index in [1.165, 1.54) is 6.42 Å². The molecule has 0 radical (unpaired) electrons. The van der Waals surface area contributed by atoms with Gasteiger partial charge in [-0.3, -0.25) is 9.78 Å². The van der Waals surface area contributed by atoms with E-state index in [0.29, 0.717) is 24.6 Å². The van der Waals surface area contributed by atoms with Crippen molar-refractivity contribution in [3.8, 4) is 0 Å². The van der Waals surface area contributed by atoms with E-state index in [9.17, 15) is 4.79 Å². The van der Waals surface area contributed by atoms with Gasteiger partial charge in [0.05, 0.1) is 5.56 Å². The van der Waals surface area contributed by atoms with Crippen LogP contribution in [0.2, 0.25) is 0 Å². The number of aryl methyl sites for hydroxylation is 1. The summed E-state index contributed by atoms with van der Waals surface area (Å²) in [5, 5.41) is 8.94. The molecule has 1 fully saturated rings. The monoisotopic (exact) mass is 248 g/mol. The molecule has 0 saturated heterocycles. The number of rotatable bonds is 5. The van der Waals surface area contributed by atoms with Crippen molar-refractivity contribution in [3.05, 3.63) is 29.6 Å². The molecule has 1 aliphatic rings. The first kappa shape index (κ1) is 13.0. The Morgan fingerprint density at radius 3 is 2.89 bits per heavy atom. The van der Waals surface area contributed by atoms with Crippen LogP contribution >= 0.6 is 0 Å². The van der Waals surface area contributed by atoms with Gasteiger partial charge in [0.15, 0.2) is 0 Å². The van der Waals surface area contributed by atoms with E-state index < -0.39 is 0 Å². The third-order valence-electron chi connectivity index (χ3n) is 3.57. The van der Waals surface area contributed by atoms with Crippen LogP contribution in [0.25, 0.3) is 0 Å². The molecule has 1 aliphatic carbocycles. The zero-order valence-corrected chi connectivity index (χ0v) is 10.8. The number of pyridine rings is 1. The van der Waals surface area contributed by atoms with E-state index in [0.717, 1.165) is 18.5 Å². The largest absolute Gasteiger partial charge is 0.396 e. The van der Waals surface area contributed by atoms with Crippen LogP contribution in [-0.4, -0.2) is 40.1 Å². The van der Waals surface area contributed by atoms with Gasteiger partial charge in [-0.15, -0.1) is 0 Å². The van der Waals surface area contributed by atoms with E-state index >= 15 is 0 Å². The van der Waals surface area contributed by atoms with Crippen LogP contribution in [-0.2, 0) is 0 Å². The van der Waals surface area contributed by atoms with Crippen LogP contribution in [0, 0.1) is 6.92 Å². The summed E-state index contributed by atoms with van der Waals surface area (Å²) >= 11 is 0. The second kappa shape index (κ2) is 5.96. The number of nitrogens with zero attached hydrogens (tertiary/aromatic N) is 2. The number of hydrogen-bond donors (Lipinski definition) is 1. The van der Waals surface area contributed by atoms with Crippen molar-refractivity contribution in [2.75, 3.05) is 13.2 Å². The molecule has 0 bridgehead atoms. The summed E-state index contributed by atoms with van der Waals surface area (Å²) in [4.78, 5) is 18.6. The minimum absolute atomic E-state index is 0.0544.